The number of hydrogen-bond donors (Lipinski definition) is 0. The third-order valence-electron chi connectivity index (χ3n) is 8.22. The third kappa shape index (κ3) is 2.07. The molecule has 0 aromatic rings. The summed E-state index contributed by atoms with van der Waals surface area (Å²) in [7, 11) is 0. The SMILES string of the molecule is CCC1CC(=O)C=C2CC[C@@H]3[C@H](CC[C@]4(CC)CCC[C@@H]34)[C@H]21. The van der Waals surface area contributed by atoms with Gasteiger partial charge in [-0.2, -0.15) is 0 Å². The molecule has 0 saturated heterocycles. The van der Waals surface area contributed by atoms with Gasteiger partial charge >= 0.3 is 0 Å². The normalized spacial score (nSPS) is 47.5. The number of hydrogen-bond acceptors (Lipinski definition) is 1. The smallest absolute Gasteiger partial charge is 0.155 e. The molecule has 0 bridgehead atoms. The molecule has 0 aliphatic heterocycles. The minimum absolute atomic E-state index is 0.413. The zero-order valence-electron chi connectivity index (χ0n) is 14.4. The van der Waals surface area contributed by atoms with Gasteiger partial charge in [-0.15, -0.1) is 0 Å². The lowest BCUT2D eigenvalue weighted by atomic mass is 9.50. The van der Waals surface area contributed by atoms with Crippen LogP contribution in [0.15, 0.2) is 11.6 Å². The Kier molecular flexibility index (Phi) is 3.74. The van der Waals surface area contributed by atoms with Crippen LogP contribution in [0.3, 0.4) is 0 Å². The lowest BCUT2D eigenvalue weighted by Crippen LogP contribution is -2.47. The predicted molar refractivity (Wildman–Crippen MR) is 90.5 cm³/mol. The summed E-state index contributed by atoms with van der Waals surface area (Å²) in [5.74, 6) is 4.71. The molecule has 0 amide bonds. The Morgan fingerprint density at radius 3 is 2.77 bits per heavy atom. The molecule has 1 nitrogen and oxygen atoms in total. The number of rotatable bonds is 2. The van der Waals surface area contributed by atoms with Crippen molar-refractivity contribution in [2.24, 2.45) is 35.0 Å². The molecule has 0 N–H and O–H groups in total. The van der Waals surface area contributed by atoms with Gasteiger partial charge in [-0.1, -0.05) is 38.7 Å². The van der Waals surface area contributed by atoms with Crippen LogP contribution in [0, 0.1) is 35.0 Å². The zero-order chi connectivity index (χ0) is 15.3. The highest BCUT2D eigenvalue weighted by Crippen LogP contribution is 2.63. The first-order valence-corrected chi connectivity index (χ1v) is 9.92. The second-order valence-electron chi connectivity index (χ2n) is 8.70. The van der Waals surface area contributed by atoms with E-state index in [-0.39, 0.29) is 0 Å². The number of carbonyl (C=O) groups excluding carboxylic acids is 1. The van der Waals surface area contributed by atoms with Crippen LogP contribution >= 0.6 is 0 Å². The van der Waals surface area contributed by atoms with Gasteiger partial charge in [-0.3, -0.25) is 4.79 Å². The molecule has 0 aromatic heterocycles. The fourth-order valence-corrected chi connectivity index (χ4v) is 7.23. The predicted octanol–water partition coefficient (Wildman–Crippen LogP) is 5.54. The quantitative estimate of drug-likeness (QED) is 0.654. The Bertz CT molecular complexity index is 490. The highest BCUT2D eigenvalue weighted by atomic mass is 16.1. The van der Waals surface area contributed by atoms with Gasteiger partial charge < -0.3 is 0 Å². The van der Waals surface area contributed by atoms with E-state index in [0.29, 0.717) is 17.1 Å². The van der Waals surface area contributed by atoms with Crippen LogP contribution in [0.4, 0.5) is 0 Å². The molecule has 4 rings (SSSR count). The molecule has 0 spiro atoms. The summed E-state index contributed by atoms with van der Waals surface area (Å²) in [5.41, 5.74) is 2.25. The van der Waals surface area contributed by atoms with Crippen LogP contribution < -0.4 is 0 Å². The highest BCUT2D eigenvalue weighted by Gasteiger charge is 2.54. The van der Waals surface area contributed by atoms with Gasteiger partial charge in [0.2, 0.25) is 0 Å². The topological polar surface area (TPSA) is 17.1 Å². The van der Waals surface area contributed by atoms with E-state index in [0.717, 1.165) is 30.1 Å². The molecular weight excluding hydrogens is 268 g/mol. The summed E-state index contributed by atoms with van der Waals surface area (Å²) in [6.07, 6.45) is 15.5. The molecule has 4 aliphatic carbocycles. The minimum Gasteiger partial charge on any atom is -0.295 e. The number of carbonyl (C=O) groups is 1. The number of fused-ring (bicyclic) bond motifs is 5. The fourth-order valence-electron chi connectivity index (χ4n) is 7.23. The first-order chi connectivity index (χ1) is 10.7. The molecule has 0 aromatic carbocycles. The van der Waals surface area contributed by atoms with Gasteiger partial charge in [0.25, 0.3) is 0 Å². The molecule has 6 atom stereocenters. The molecule has 4 aliphatic rings. The van der Waals surface area contributed by atoms with Gasteiger partial charge in [0, 0.05) is 6.42 Å². The van der Waals surface area contributed by atoms with Crippen molar-refractivity contribution in [3.8, 4) is 0 Å². The maximum Gasteiger partial charge on any atom is 0.155 e. The molecule has 122 valence electrons. The van der Waals surface area contributed by atoms with Crippen LogP contribution in [0.1, 0.15) is 78.1 Å². The van der Waals surface area contributed by atoms with Crippen molar-refractivity contribution >= 4 is 5.78 Å². The second kappa shape index (κ2) is 5.49. The van der Waals surface area contributed by atoms with Crippen molar-refractivity contribution in [3.05, 3.63) is 11.6 Å². The second-order valence-corrected chi connectivity index (χ2v) is 8.70. The number of allylic oxidation sites excluding steroid dienone is 1. The Labute approximate surface area is 135 Å². The summed E-state index contributed by atoms with van der Waals surface area (Å²) in [5, 5.41) is 0. The van der Waals surface area contributed by atoms with E-state index in [4.69, 9.17) is 0 Å². The standard InChI is InChI=1S/C21H32O/c1-3-14-12-16(22)13-15-7-8-17-18(20(14)15)9-11-21(4-2)10-5-6-19(17)21/h13-14,17-20H,3-12H2,1-2H3/t14?,17-,18+,19+,20+,21+/m1/s1. The maximum atomic E-state index is 12.1. The zero-order valence-corrected chi connectivity index (χ0v) is 14.4. The van der Waals surface area contributed by atoms with E-state index >= 15 is 0 Å². The molecule has 22 heavy (non-hydrogen) atoms. The molecule has 1 heteroatoms. The minimum atomic E-state index is 0.413. The van der Waals surface area contributed by atoms with Crippen molar-refractivity contribution in [3.63, 3.8) is 0 Å². The summed E-state index contributed by atoms with van der Waals surface area (Å²) < 4.78 is 0. The average Bonchev–Trinajstić information content (AvgIpc) is 2.98. The van der Waals surface area contributed by atoms with Crippen molar-refractivity contribution in [1.82, 2.24) is 0 Å². The molecule has 0 radical (unpaired) electrons. The molecule has 3 saturated carbocycles. The van der Waals surface area contributed by atoms with E-state index in [2.05, 4.69) is 19.9 Å². The van der Waals surface area contributed by atoms with Crippen molar-refractivity contribution in [2.75, 3.05) is 0 Å². The molecular formula is C21H32O. The summed E-state index contributed by atoms with van der Waals surface area (Å²) in [6, 6.07) is 0. The Morgan fingerprint density at radius 1 is 1.14 bits per heavy atom. The lowest BCUT2D eigenvalue weighted by molar-refractivity contribution is -0.117. The van der Waals surface area contributed by atoms with E-state index in [1.807, 2.05) is 0 Å². The van der Waals surface area contributed by atoms with Crippen LogP contribution in [0.25, 0.3) is 0 Å². The number of ketones is 1. The monoisotopic (exact) mass is 300 g/mol. The van der Waals surface area contributed by atoms with Crippen molar-refractivity contribution in [2.45, 2.75) is 78.1 Å². The molecule has 0 heterocycles. The van der Waals surface area contributed by atoms with Gasteiger partial charge in [0.1, 0.15) is 0 Å². The van der Waals surface area contributed by atoms with E-state index in [9.17, 15) is 4.79 Å². The Morgan fingerprint density at radius 2 is 2.00 bits per heavy atom. The summed E-state index contributed by atoms with van der Waals surface area (Å²) >= 11 is 0. The fraction of sp³-hybridized carbons (Fsp3) is 0.857. The van der Waals surface area contributed by atoms with Crippen molar-refractivity contribution < 1.29 is 4.79 Å². The van der Waals surface area contributed by atoms with E-state index in [1.165, 1.54) is 57.8 Å². The summed E-state index contributed by atoms with van der Waals surface area (Å²) in [4.78, 5) is 12.1. The van der Waals surface area contributed by atoms with Crippen LogP contribution in [-0.4, -0.2) is 5.78 Å². The molecule has 1 unspecified atom stereocenters. The Hall–Kier alpha value is -0.590. The first-order valence-electron chi connectivity index (χ1n) is 9.92. The maximum absolute atomic E-state index is 12.1. The first kappa shape index (κ1) is 15.0. The largest absolute Gasteiger partial charge is 0.295 e. The van der Waals surface area contributed by atoms with Crippen molar-refractivity contribution in [1.29, 1.82) is 0 Å². The van der Waals surface area contributed by atoms with Gasteiger partial charge in [0.15, 0.2) is 5.78 Å². The van der Waals surface area contributed by atoms with Crippen LogP contribution in [0.2, 0.25) is 0 Å². The third-order valence-corrected chi connectivity index (χ3v) is 8.22. The van der Waals surface area contributed by atoms with E-state index in [1.54, 1.807) is 5.57 Å². The Balaban J connectivity index is 1.66. The highest BCUT2D eigenvalue weighted by molar-refractivity contribution is 5.91. The van der Waals surface area contributed by atoms with Gasteiger partial charge in [-0.05, 0) is 79.6 Å². The van der Waals surface area contributed by atoms with Gasteiger partial charge in [0.05, 0.1) is 0 Å². The summed E-state index contributed by atoms with van der Waals surface area (Å²) in [6.45, 7) is 4.75. The average molecular weight is 300 g/mol. The van der Waals surface area contributed by atoms with Gasteiger partial charge in [-0.25, -0.2) is 0 Å². The lowest BCUT2D eigenvalue weighted by Gasteiger charge is -2.55. The van der Waals surface area contributed by atoms with Crippen LogP contribution in [-0.2, 0) is 4.79 Å². The molecule has 3 fully saturated rings. The van der Waals surface area contributed by atoms with E-state index < -0.39 is 0 Å². The van der Waals surface area contributed by atoms with Crippen LogP contribution in [0.5, 0.6) is 0 Å².